The van der Waals surface area contributed by atoms with Crippen LogP contribution >= 0.6 is 0 Å². The fourth-order valence-electron chi connectivity index (χ4n) is 3.39. The molecule has 1 saturated heterocycles. The summed E-state index contributed by atoms with van der Waals surface area (Å²) in [5, 5.41) is -1.12. The zero-order valence-electron chi connectivity index (χ0n) is 13.9. The minimum Gasteiger partial charge on any atom is -0.293 e. The first-order valence-corrected chi connectivity index (χ1v) is 9.83. The number of Topliss-reactive ketones (excluding diaryl/α,β-unsaturated/α-hetero) is 1. The normalized spacial score (nSPS) is 21.0. The Kier molecular flexibility index (Phi) is 4.09. The molecule has 130 valence electrons. The molecule has 0 bridgehead atoms. The number of ketones is 1. The van der Waals surface area contributed by atoms with E-state index in [0.717, 1.165) is 5.56 Å². The Labute approximate surface area is 152 Å². The van der Waals surface area contributed by atoms with Crippen molar-refractivity contribution in [2.75, 3.05) is 4.31 Å². The molecule has 1 fully saturated rings. The van der Waals surface area contributed by atoms with E-state index in [0.29, 0.717) is 11.3 Å². The largest absolute Gasteiger partial charge is 0.293 e. The number of benzene rings is 3. The van der Waals surface area contributed by atoms with Crippen molar-refractivity contribution in [3.05, 3.63) is 102 Å². The Morgan fingerprint density at radius 3 is 1.81 bits per heavy atom. The van der Waals surface area contributed by atoms with Crippen LogP contribution in [0.15, 0.2) is 91.0 Å². The van der Waals surface area contributed by atoms with Crippen LogP contribution in [0.1, 0.15) is 22.0 Å². The summed E-state index contributed by atoms with van der Waals surface area (Å²) in [6.45, 7) is 0. The number of sulfonamides is 1. The lowest BCUT2D eigenvalue weighted by Crippen LogP contribution is -2.61. The summed E-state index contributed by atoms with van der Waals surface area (Å²) in [7, 11) is -3.78. The average molecular weight is 363 g/mol. The van der Waals surface area contributed by atoms with Gasteiger partial charge in [0.05, 0.1) is 11.7 Å². The van der Waals surface area contributed by atoms with Gasteiger partial charge in [-0.05, 0) is 17.7 Å². The highest BCUT2D eigenvalue weighted by atomic mass is 32.2. The van der Waals surface area contributed by atoms with E-state index in [-0.39, 0.29) is 5.78 Å². The maximum Gasteiger partial charge on any atom is 0.248 e. The van der Waals surface area contributed by atoms with Crippen LogP contribution in [0.25, 0.3) is 0 Å². The highest BCUT2D eigenvalue weighted by Gasteiger charge is 2.58. The molecule has 5 heteroatoms. The Morgan fingerprint density at radius 2 is 1.23 bits per heavy atom. The Hall–Kier alpha value is -2.92. The van der Waals surface area contributed by atoms with Crippen LogP contribution in [0.2, 0.25) is 0 Å². The van der Waals surface area contributed by atoms with Crippen LogP contribution in [-0.2, 0) is 10.0 Å². The molecule has 4 rings (SSSR count). The molecule has 4 nitrogen and oxygen atoms in total. The molecule has 2 atom stereocenters. The first-order valence-electron chi connectivity index (χ1n) is 8.33. The van der Waals surface area contributed by atoms with E-state index in [1.807, 2.05) is 36.4 Å². The third-order valence-corrected chi connectivity index (χ3v) is 6.70. The zero-order valence-corrected chi connectivity index (χ0v) is 14.7. The zero-order chi connectivity index (χ0) is 18.1. The van der Waals surface area contributed by atoms with Crippen molar-refractivity contribution in [3.8, 4) is 0 Å². The van der Waals surface area contributed by atoms with Gasteiger partial charge in [-0.1, -0.05) is 78.9 Å². The van der Waals surface area contributed by atoms with Crippen molar-refractivity contribution in [3.63, 3.8) is 0 Å². The van der Waals surface area contributed by atoms with Gasteiger partial charge < -0.3 is 0 Å². The van der Waals surface area contributed by atoms with E-state index in [2.05, 4.69) is 0 Å². The number of para-hydroxylation sites is 1. The quantitative estimate of drug-likeness (QED) is 0.662. The summed E-state index contributed by atoms with van der Waals surface area (Å²) in [6, 6.07) is 26.3. The summed E-state index contributed by atoms with van der Waals surface area (Å²) in [4.78, 5) is 13.0. The van der Waals surface area contributed by atoms with Crippen LogP contribution in [0.4, 0.5) is 5.69 Å². The van der Waals surface area contributed by atoms with Crippen molar-refractivity contribution in [2.24, 2.45) is 0 Å². The molecule has 1 heterocycles. The number of carbonyl (C=O) groups is 1. The van der Waals surface area contributed by atoms with Crippen LogP contribution in [0.3, 0.4) is 0 Å². The molecule has 1 aliphatic rings. The van der Waals surface area contributed by atoms with Gasteiger partial charge in [0.1, 0.15) is 0 Å². The number of hydrogen-bond acceptors (Lipinski definition) is 3. The van der Waals surface area contributed by atoms with Crippen LogP contribution in [-0.4, -0.2) is 19.5 Å². The molecule has 0 aromatic heterocycles. The minimum atomic E-state index is -3.78. The molecule has 1 aliphatic heterocycles. The predicted molar refractivity (Wildman–Crippen MR) is 102 cm³/mol. The molecule has 0 spiro atoms. The van der Waals surface area contributed by atoms with E-state index < -0.39 is 21.3 Å². The summed E-state index contributed by atoms with van der Waals surface area (Å²) in [6.07, 6.45) is 0. The lowest BCUT2D eigenvalue weighted by molar-refractivity contribution is 0.0971. The molecule has 0 radical (unpaired) electrons. The molecule has 26 heavy (non-hydrogen) atoms. The third-order valence-electron chi connectivity index (χ3n) is 4.60. The lowest BCUT2D eigenvalue weighted by Gasteiger charge is -2.47. The van der Waals surface area contributed by atoms with E-state index in [9.17, 15) is 13.2 Å². The molecular formula is C21H17NO3S. The first kappa shape index (κ1) is 16.5. The van der Waals surface area contributed by atoms with E-state index in [4.69, 9.17) is 0 Å². The molecule has 3 aromatic rings. The molecule has 0 N–H and O–H groups in total. The number of carbonyl (C=O) groups excluding carboxylic acids is 1. The average Bonchev–Trinajstić information content (AvgIpc) is 2.68. The van der Waals surface area contributed by atoms with Gasteiger partial charge in [0, 0.05) is 5.56 Å². The highest BCUT2D eigenvalue weighted by Crippen LogP contribution is 2.46. The van der Waals surface area contributed by atoms with Crippen LogP contribution in [0, 0.1) is 0 Å². The van der Waals surface area contributed by atoms with Gasteiger partial charge in [0.2, 0.25) is 10.0 Å². The fraction of sp³-hybridized carbons (Fsp3) is 0.0952. The standard InChI is InChI=1S/C21H17NO3S/c23-20(17-12-6-2-7-13-17)21-19(16-10-4-1-5-11-16)22(26(21,24)25)18-14-8-3-9-15-18/h1-15,19,21H. The molecule has 3 aromatic carbocycles. The van der Waals surface area contributed by atoms with Crippen molar-refractivity contribution in [2.45, 2.75) is 11.3 Å². The van der Waals surface area contributed by atoms with Crippen molar-refractivity contribution < 1.29 is 13.2 Å². The number of anilines is 1. The summed E-state index contributed by atoms with van der Waals surface area (Å²) in [5.74, 6) is -0.369. The van der Waals surface area contributed by atoms with Crippen LogP contribution in [0.5, 0.6) is 0 Å². The minimum absolute atomic E-state index is 0.369. The lowest BCUT2D eigenvalue weighted by atomic mass is 9.96. The van der Waals surface area contributed by atoms with Gasteiger partial charge >= 0.3 is 0 Å². The summed E-state index contributed by atoms with van der Waals surface area (Å²) < 4.78 is 27.5. The monoisotopic (exact) mass is 363 g/mol. The smallest absolute Gasteiger partial charge is 0.248 e. The second-order valence-electron chi connectivity index (χ2n) is 6.18. The van der Waals surface area contributed by atoms with Gasteiger partial charge in [-0.25, -0.2) is 8.42 Å². The summed E-state index contributed by atoms with van der Waals surface area (Å²) in [5.41, 5.74) is 1.79. The Bertz CT molecular complexity index is 1020. The van der Waals surface area contributed by atoms with E-state index in [1.165, 1.54) is 4.31 Å². The van der Waals surface area contributed by atoms with E-state index >= 15 is 0 Å². The Balaban J connectivity index is 1.82. The van der Waals surface area contributed by atoms with Gasteiger partial charge in [-0.3, -0.25) is 9.10 Å². The maximum absolute atomic E-state index is 13.1. The van der Waals surface area contributed by atoms with Crippen LogP contribution < -0.4 is 4.31 Å². The SMILES string of the molecule is O=C(c1ccccc1)C1C(c2ccccc2)N(c2ccccc2)S1(=O)=O. The van der Waals surface area contributed by atoms with Crippen molar-refractivity contribution in [1.29, 1.82) is 0 Å². The predicted octanol–water partition coefficient (Wildman–Crippen LogP) is 3.83. The second kappa shape index (κ2) is 6.42. The molecule has 0 aliphatic carbocycles. The fourth-order valence-corrected chi connectivity index (χ4v) is 5.43. The van der Waals surface area contributed by atoms with Gasteiger partial charge in [-0.15, -0.1) is 0 Å². The third kappa shape index (κ3) is 2.61. The molecule has 2 unspecified atom stereocenters. The topological polar surface area (TPSA) is 54.5 Å². The first-order chi connectivity index (χ1) is 12.6. The number of rotatable bonds is 4. The van der Waals surface area contributed by atoms with Gasteiger partial charge in [0.25, 0.3) is 0 Å². The highest BCUT2D eigenvalue weighted by molar-refractivity contribution is 7.95. The molecule has 0 saturated carbocycles. The summed E-state index contributed by atoms with van der Waals surface area (Å²) >= 11 is 0. The van der Waals surface area contributed by atoms with E-state index in [1.54, 1.807) is 54.6 Å². The maximum atomic E-state index is 13.1. The van der Waals surface area contributed by atoms with Crippen molar-refractivity contribution in [1.82, 2.24) is 0 Å². The van der Waals surface area contributed by atoms with Crippen molar-refractivity contribution >= 4 is 21.5 Å². The molecular weight excluding hydrogens is 346 g/mol. The second-order valence-corrected chi connectivity index (χ2v) is 8.11. The number of nitrogens with zero attached hydrogens (tertiary/aromatic N) is 1. The Morgan fingerprint density at radius 1 is 0.731 bits per heavy atom. The van der Waals surface area contributed by atoms with Gasteiger partial charge in [-0.2, -0.15) is 0 Å². The molecule has 0 amide bonds. The van der Waals surface area contributed by atoms with Gasteiger partial charge in [0.15, 0.2) is 11.0 Å². The number of hydrogen-bond donors (Lipinski definition) is 0.